The molecule has 154 valence electrons. The highest BCUT2D eigenvalue weighted by atomic mass is 16.5. The lowest BCUT2D eigenvalue weighted by Crippen LogP contribution is -2.50. The minimum atomic E-state index is -0.0233. The normalized spacial score (nSPS) is 14.5. The van der Waals surface area contributed by atoms with Gasteiger partial charge >= 0.3 is 0 Å². The van der Waals surface area contributed by atoms with E-state index in [1.807, 2.05) is 60.4 Å². The first-order valence-corrected chi connectivity index (χ1v) is 10.0. The van der Waals surface area contributed by atoms with E-state index in [4.69, 9.17) is 4.74 Å². The lowest BCUT2D eigenvalue weighted by molar-refractivity contribution is -0.133. The van der Waals surface area contributed by atoms with Gasteiger partial charge in [-0.05, 0) is 37.1 Å². The Kier molecular flexibility index (Phi) is 7.25. The number of nitrogens with one attached hydrogen (secondary N) is 1. The largest absolute Gasteiger partial charge is 0.496 e. The molecule has 1 heterocycles. The van der Waals surface area contributed by atoms with Gasteiger partial charge in [0.25, 0.3) is 0 Å². The minimum absolute atomic E-state index is 0.0233. The van der Waals surface area contributed by atoms with Crippen molar-refractivity contribution in [3.05, 3.63) is 59.7 Å². The Hall–Kier alpha value is -2.86. The third kappa shape index (κ3) is 6.06. The molecule has 29 heavy (non-hydrogen) atoms. The van der Waals surface area contributed by atoms with Gasteiger partial charge < -0.3 is 15.0 Å². The van der Waals surface area contributed by atoms with Crippen LogP contribution in [0.2, 0.25) is 0 Å². The maximum absolute atomic E-state index is 12.6. The topological polar surface area (TPSA) is 61.9 Å². The molecule has 6 heteroatoms. The number of amides is 2. The van der Waals surface area contributed by atoms with Crippen molar-refractivity contribution in [2.45, 2.75) is 19.8 Å². The first-order chi connectivity index (χ1) is 14.0. The summed E-state index contributed by atoms with van der Waals surface area (Å²) < 4.78 is 5.35. The fraction of sp³-hybridized carbons (Fsp3) is 0.391. The Morgan fingerprint density at radius 3 is 2.38 bits per heavy atom. The van der Waals surface area contributed by atoms with Gasteiger partial charge in [-0.25, -0.2) is 0 Å². The average molecular weight is 396 g/mol. The van der Waals surface area contributed by atoms with Gasteiger partial charge in [0.05, 0.1) is 13.7 Å². The second-order valence-electron chi connectivity index (χ2n) is 7.38. The summed E-state index contributed by atoms with van der Waals surface area (Å²) >= 11 is 0. The third-order valence-corrected chi connectivity index (χ3v) is 5.23. The number of ether oxygens (including phenoxy) is 1. The van der Waals surface area contributed by atoms with Gasteiger partial charge in [0.1, 0.15) is 5.75 Å². The fourth-order valence-corrected chi connectivity index (χ4v) is 3.51. The van der Waals surface area contributed by atoms with Gasteiger partial charge in [0.15, 0.2) is 0 Å². The van der Waals surface area contributed by atoms with Crippen LogP contribution in [0.25, 0.3) is 0 Å². The number of rotatable bonds is 7. The van der Waals surface area contributed by atoms with Crippen LogP contribution < -0.4 is 10.1 Å². The maximum atomic E-state index is 12.6. The number of methoxy groups -OCH3 is 1. The predicted octanol–water partition coefficient (Wildman–Crippen LogP) is 2.72. The first-order valence-electron chi connectivity index (χ1n) is 10.0. The molecule has 0 saturated carbocycles. The van der Waals surface area contributed by atoms with Gasteiger partial charge in [-0.3, -0.25) is 14.5 Å². The van der Waals surface area contributed by atoms with Crippen LogP contribution in [0.1, 0.15) is 17.5 Å². The van der Waals surface area contributed by atoms with Crippen LogP contribution >= 0.6 is 0 Å². The Morgan fingerprint density at radius 1 is 1.00 bits per heavy atom. The van der Waals surface area contributed by atoms with Crippen molar-refractivity contribution < 1.29 is 14.3 Å². The Morgan fingerprint density at radius 2 is 1.69 bits per heavy atom. The SMILES string of the molecule is COc1ccccc1CCC(=O)N1CCN(CC(=O)Nc2ccc(C)cc2)CC1. The molecular formula is C23H29N3O3. The number of anilines is 1. The molecular weight excluding hydrogens is 366 g/mol. The molecule has 2 amide bonds. The second-order valence-corrected chi connectivity index (χ2v) is 7.38. The fourth-order valence-electron chi connectivity index (χ4n) is 3.51. The van der Waals surface area contributed by atoms with Crippen molar-refractivity contribution in [1.82, 2.24) is 9.80 Å². The molecule has 2 aromatic rings. The maximum Gasteiger partial charge on any atom is 0.238 e. The Balaban J connectivity index is 1.40. The number of para-hydroxylation sites is 1. The van der Waals surface area contributed by atoms with Crippen LogP contribution in [0.4, 0.5) is 5.69 Å². The number of nitrogens with zero attached hydrogens (tertiary/aromatic N) is 2. The summed E-state index contributed by atoms with van der Waals surface area (Å²) in [5.74, 6) is 0.953. The van der Waals surface area contributed by atoms with Crippen molar-refractivity contribution in [3.8, 4) is 5.75 Å². The molecule has 1 aliphatic rings. The van der Waals surface area contributed by atoms with E-state index in [1.54, 1.807) is 7.11 Å². The highest BCUT2D eigenvalue weighted by Crippen LogP contribution is 2.19. The summed E-state index contributed by atoms with van der Waals surface area (Å²) in [5, 5.41) is 2.93. The van der Waals surface area contributed by atoms with E-state index in [0.717, 1.165) is 22.6 Å². The van der Waals surface area contributed by atoms with Gasteiger partial charge in [0.2, 0.25) is 11.8 Å². The molecule has 1 fully saturated rings. The number of benzene rings is 2. The zero-order valence-corrected chi connectivity index (χ0v) is 17.2. The van der Waals surface area contributed by atoms with Crippen LogP contribution in [0.15, 0.2) is 48.5 Å². The zero-order chi connectivity index (χ0) is 20.6. The number of aryl methyl sites for hydroxylation is 2. The molecule has 0 radical (unpaired) electrons. The van der Waals surface area contributed by atoms with Crippen molar-refractivity contribution in [3.63, 3.8) is 0 Å². The molecule has 1 aliphatic heterocycles. The highest BCUT2D eigenvalue weighted by Gasteiger charge is 2.22. The van der Waals surface area contributed by atoms with Gasteiger partial charge in [-0.15, -0.1) is 0 Å². The number of carbonyl (C=O) groups excluding carboxylic acids is 2. The molecule has 3 rings (SSSR count). The van der Waals surface area contributed by atoms with E-state index in [1.165, 1.54) is 0 Å². The van der Waals surface area contributed by atoms with Crippen molar-refractivity contribution in [1.29, 1.82) is 0 Å². The average Bonchev–Trinajstić information content (AvgIpc) is 2.74. The summed E-state index contributed by atoms with van der Waals surface area (Å²) in [7, 11) is 1.65. The summed E-state index contributed by atoms with van der Waals surface area (Å²) in [6.45, 7) is 5.09. The van der Waals surface area contributed by atoms with Crippen LogP contribution in [0.5, 0.6) is 5.75 Å². The number of carbonyl (C=O) groups is 2. The third-order valence-electron chi connectivity index (χ3n) is 5.23. The molecule has 6 nitrogen and oxygen atoms in total. The van der Waals surface area contributed by atoms with Gasteiger partial charge in [-0.1, -0.05) is 35.9 Å². The van der Waals surface area contributed by atoms with E-state index < -0.39 is 0 Å². The summed E-state index contributed by atoms with van der Waals surface area (Å²) in [5.41, 5.74) is 3.02. The van der Waals surface area contributed by atoms with Crippen molar-refractivity contribution in [2.75, 3.05) is 45.2 Å². The quantitative estimate of drug-likeness (QED) is 0.783. The van der Waals surface area contributed by atoms with Crippen LogP contribution in [0, 0.1) is 6.92 Å². The number of hydrogen-bond acceptors (Lipinski definition) is 4. The van der Waals surface area contributed by atoms with Gasteiger partial charge in [-0.2, -0.15) is 0 Å². The van der Waals surface area contributed by atoms with Crippen molar-refractivity contribution >= 4 is 17.5 Å². The molecule has 0 unspecified atom stereocenters. The van der Waals surface area contributed by atoms with E-state index in [0.29, 0.717) is 45.6 Å². The van der Waals surface area contributed by atoms with E-state index in [9.17, 15) is 9.59 Å². The summed E-state index contributed by atoms with van der Waals surface area (Å²) in [4.78, 5) is 28.8. The van der Waals surface area contributed by atoms with E-state index >= 15 is 0 Å². The van der Waals surface area contributed by atoms with Crippen molar-refractivity contribution in [2.24, 2.45) is 0 Å². The molecule has 0 aromatic heterocycles. The predicted molar refractivity (Wildman–Crippen MR) is 114 cm³/mol. The van der Waals surface area contributed by atoms with Crippen LogP contribution in [-0.4, -0.2) is 61.4 Å². The Bertz CT molecular complexity index is 828. The van der Waals surface area contributed by atoms with E-state index in [2.05, 4.69) is 10.2 Å². The molecule has 1 saturated heterocycles. The lowest BCUT2D eigenvalue weighted by Gasteiger charge is -2.34. The zero-order valence-electron chi connectivity index (χ0n) is 17.2. The highest BCUT2D eigenvalue weighted by molar-refractivity contribution is 5.92. The molecule has 0 aliphatic carbocycles. The first kappa shape index (κ1) is 20.9. The molecule has 2 aromatic carbocycles. The smallest absolute Gasteiger partial charge is 0.238 e. The van der Waals surface area contributed by atoms with Gasteiger partial charge in [0, 0.05) is 38.3 Å². The van der Waals surface area contributed by atoms with Crippen LogP contribution in [0.3, 0.4) is 0 Å². The molecule has 1 N–H and O–H groups in total. The second kappa shape index (κ2) is 10.1. The molecule has 0 bridgehead atoms. The summed E-state index contributed by atoms with van der Waals surface area (Å²) in [6.07, 6.45) is 1.14. The number of piperazine rings is 1. The monoisotopic (exact) mass is 395 g/mol. The minimum Gasteiger partial charge on any atom is -0.496 e. The molecule has 0 spiro atoms. The molecule has 0 atom stereocenters. The standard InChI is InChI=1S/C23H29N3O3/c1-18-7-10-20(11-8-18)24-22(27)17-25-13-15-26(16-14-25)23(28)12-9-19-5-3-4-6-21(19)29-2/h3-8,10-11H,9,12-17H2,1-2H3,(H,24,27). The van der Waals surface area contributed by atoms with E-state index in [-0.39, 0.29) is 11.8 Å². The summed E-state index contributed by atoms with van der Waals surface area (Å²) in [6, 6.07) is 15.6. The van der Waals surface area contributed by atoms with Crippen LogP contribution in [-0.2, 0) is 16.0 Å². The number of hydrogen-bond donors (Lipinski definition) is 1. The Labute approximate surface area is 172 Å². The lowest BCUT2D eigenvalue weighted by atomic mass is 10.1.